The van der Waals surface area contributed by atoms with Crippen LogP contribution in [0.1, 0.15) is 14.3 Å². The van der Waals surface area contributed by atoms with Gasteiger partial charge in [0.05, 0.1) is 6.42 Å². The molecule has 1 unspecified atom stereocenters. The minimum Gasteiger partial charge on any atom is -1.00 e. The molecular formula is C7H11NaO7S. The number of rotatable bonds is 6. The zero-order valence-corrected chi connectivity index (χ0v) is 11.4. The number of carboxylic acid groups (broad SMARTS) is 2. The van der Waals surface area contributed by atoms with Crippen molar-refractivity contribution in [2.75, 3.05) is 0 Å². The summed E-state index contributed by atoms with van der Waals surface area (Å²) in [6.07, 6.45) is -0.995. The zero-order valence-electron chi connectivity index (χ0n) is 9.58. The van der Waals surface area contributed by atoms with E-state index in [2.05, 4.69) is 6.58 Å². The van der Waals surface area contributed by atoms with Crippen molar-refractivity contribution < 1.29 is 63.8 Å². The molecule has 0 radical (unpaired) electrons. The Labute approximate surface area is 116 Å². The van der Waals surface area contributed by atoms with Crippen molar-refractivity contribution in [1.82, 2.24) is 0 Å². The van der Waals surface area contributed by atoms with Crippen molar-refractivity contribution in [2.24, 2.45) is 0 Å². The normalized spacial score (nSPS) is 14.3. The van der Waals surface area contributed by atoms with Gasteiger partial charge in [0.15, 0.2) is 0 Å². The Morgan fingerprint density at radius 1 is 1.38 bits per heavy atom. The fourth-order valence-electron chi connectivity index (χ4n) is 1.02. The molecule has 0 aromatic rings. The number of carbonyl (C=O) groups is 2. The van der Waals surface area contributed by atoms with Crippen LogP contribution in [0.25, 0.3) is 0 Å². The molecule has 0 aliphatic carbocycles. The Kier molecular flexibility index (Phi) is 7.14. The fourth-order valence-corrected chi connectivity index (χ4v) is 1.87. The molecule has 0 bridgehead atoms. The molecule has 0 spiro atoms. The third-order valence-electron chi connectivity index (χ3n) is 1.79. The predicted molar refractivity (Wildman–Crippen MR) is 50.1 cm³/mol. The monoisotopic (exact) mass is 262 g/mol. The molecular weight excluding hydrogens is 251 g/mol. The van der Waals surface area contributed by atoms with Crippen LogP contribution in [0.15, 0.2) is 12.7 Å². The SMILES string of the molecule is C=CCC(CC(=O)O)(C(=O)O)S(=O)(=O)O.[H-].[Na+]. The Morgan fingerprint density at radius 2 is 1.81 bits per heavy atom. The molecule has 7 nitrogen and oxygen atoms in total. The van der Waals surface area contributed by atoms with Gasteiger partial charge in [-0.1, -0.05) is 6.08 Å². The van der Waals surface area contributed by atoms with E-state index in [0.717, 1.165) is 6.08 Å². The first-order valence-corrected chi connectivity index (χ1v) is 5.14. The smallest absolute Gasteiger partial charge is 1.00 e. The van der Waals surface area contributed by atoms with Crippen LogP contribution in [0.2, 0.25) is 0 Å². The van der Waals surface area contributed by atoms with Gasteiger partial charge >= 0.3 is 41.5 Å². The van der Waals surface area contributed by atoms with Crippen LogP contribution >= 0.6 is 0 Å². The summed E-state index contributed by atoms with van der Waals surface area (Å²) in [4.78, 5) is 21.1. The number of aliphatic carboxylic acids is 2. The van der Waals surface area contributed by atoms with Crippen LogP contribution in [0.5, 0.6) is 0 Å². The van der Waals surface area contributed by atoms with Crippen LogP contribution in [0, 0.1) is 0 Å². The van der Waals surface area contributed by atoms with Crippen molar-refractivity contribution in [3.63, 3.8) is 0 Å². The van der Waals surface area contributed by atoms with Gasteiger partial charge in [-0.15, -0.1) is 6.58 Å². The van der Waals surface area contributed by atoms with E-state index in [1.807, 2.05) is 0 Å². The van der Waals surface area contributed by atoms with Crippen molar-refractivity contribution in [2.45, 2.75) is 17.6 Å². The summed E-state index contributed by atoms with van der Waals surface area (Å²) in [5.74, 6) is -3.57. The van der Waals surface area contributed by atoms with Gasteiger partial charge < -0.3 is 11.6 Å². The first-order valence-electron chi connectivity index (χ1n) is 3.70. The third-order valence-corrected chi connectivity index (χ3v) is 3.27. The van der Waals surface area contributed by atoms with E-state index in [1.54, 1.807) is 0 Å². The largest absolute Gasteiger partial charge is 1.00 e. The molecule has 0 aliphatic rings. The van der Waals surface area contributed by atoms with Gasteiger partial charge in [0.2, 0.25) is 4.75 Å². The molecule has 9 heteroatoms. The van der Waals surface area contributed by atoms with E-state index in [1.165, 1.54) is 0 Å². The Balaban J connectivity index is -0.000000980. The molecule has 0 aromatic carbocycles. The maximum atomic E-state index is 10.9. The summed E-state index contributed by atoms with van der Waals surface area (Å²) < 4.78 is 27.8. The van der Waals surface area contributed by atoms with Crippen LogP contribution in [-0.4, -0.2) is 39.9 Å². The van der Waals surface area contributed by atoms with Crippen molar-refractivity contribution in [1.29, 1.82) is 0 Å². The second-order valence-corrected chi connectivity index (χ2v) is 4.57. The number of hydrogen-bond acceptors (Lipinski definition) is 4. The van der Waals surface area contributed by atoms with E-state index in [4.69, 9.17) is 14.8 Å². The van der Waals surface area contributed by atoms with Crippen LogP contribution in [-0.2, 0) is 19.7 Å². The van der Waals surface area contributed by atoms with E-state index in [0.29, 0.717) is 0 Å². The van der Waals surface area contributed by atoms with Crippen LogP contribution < -0.4 is 29.6 Å². The quantitative estimate of drug-likeness (QED) is 0.262. The van der Waals surface area contributed by atoms with E-state index in [-0.39, 0.29) is 31.0 Å². The van der Waals surface area contributed by atoms with Gasteiger partial charge in [-0.2, -0.15) is 8.42 Å². The Morgan fingerprint density at radius 3 is 2.00 bits per heavy atom. The van der Waals surface area contributed by atoms with Crippen molar-refractivity contribution in [3.05, 3.63) is 12.7 Å². The third kappa shape index (κ3) is 3.87. The molecule has 3 N–H and O–H groups in total. The molecule has 16 heavy (non-hydrogen) atoms. The average Bonchev–Trinajstić information content (AvgIpc) is 1.99. The Bertz CT molecular complexity index is 393. The fraction of sp³-hybridized carbons (Fsp3) is 0.429. The number of allylic oxidation sites excluding steroid dienone is 1. The van der Waals surface area contributed by atoms with Crippen LogP contribution in [0.4, 0.5) is 0 Å². The predicted octanol–water partition coefficient (Wildman–Crippen LogP) is -3.14. The molecule has 0 aliphatic heterocycles. The van der Waals surface area contributed by atoms with Crippen molar-refractivity contribution in [3.8, 4) is 0 Å². The molecule has 0 amide bonds. The van der Waals surface area contributed by atoms with Crippen molar-refractivity contribution >= 4 is 22.1 Å². The average molecular weight is 262 g/mol. The Hall–Kier alpha value is -0.410. The summed E-state index contributed by atoms with van der Waals surface area (Å²) in [6, 6.07) is 0. The second kappa shape index (κ2) is 6.36. The summed E-state index contributed by atoms with van der Waals surface area (Å²) in [7, 11) is -5.03. The van der Waals surface area contributed by atoms with Gasteiger partial charge in [-0.25, -0.2) is 0 Å². The molecule has 0 saturated heterocycles. The topological polar surface area (TPSA) is 129 Å². The summed E-state index contributed by atoms with van der Waals surface area (Å²) >= 11 is 0. The molecule has 1 atom stereocenters. The maximum absolute atomic E-state index is 10.9. The van der Waals surface area contributed by atoms with Gasteiger partial charge in [-0.05, 0) is 6.42 Å². The standard InChI is InChI=1S/C7H10O7S.Na.H/c1-2-3-7(6(10)11,4-5(8)9)15(12,13)14;;/h2H,1,3-4H2,(H,8,9)(H,10,11)(H,12,13,14);;/q;+1;-1. The molecule has 0 heterocycles. The molecule has 88 valence electrons. The zero-order chi connectivity index (χ0) is 12.3. The summed E-state index contributed by atoms with van der Waals surface area (Å²) in [6.45, 7) is 3.12. The van der Waals surface area contributed by atoms with Gasteiger partial charge in [0, 0.05) is 0 Å². The van der Waals surface area contributed by atoms with E-state index >= 15 is 0 Å². The minimum atomic E-state index is -5.03. The summed E-state index contributed by atoms with van der Waals surface area (Å²) in [5, 5.41) is 17.1. The summed E-state index contributed by atoms with van der Waals surface area (Å²) in [5.41, 5.74) is 0. The molecule has 0 aromatic heterocycles. The first-order chi connectivity index (χ1) is 6.67. The minimum absolute atomic E-state index is 0. The number of carboxylic acids is 2. The van der Waals surface area contributed by atoms with Crippen LogP contribution in [0.3, 0.4) is 0 Å². The van der Waals surface area contributed by atoms with E-state index in [9.17, 15) is 18.0 Å². The second-order valence-electron chi connectivity index (χ2n) is 2.84. The molecule has 0 rings (SSSR count). The number of hydrogen-bond donors (Lipinski definition) is 3. The van der Waals surface area contributed by atoms with Gasteiger partial charge in [0.25, 0.3) is 10.1 Å². The van der Waals surface area contributed by atoms with Gasteiger partial charge in [-0.3, -0.25) is 14.1 Å². The molecule has 0 saturated carbocycles. The molecule has 0 fully saturated rings. The maximum Gasteiger partial charge on any atom is 1.00 e. The van der Waals surface area contributed by atoms with Gasteiger partial charge in [0.1, 0.15) is 0 Å². The first kappa shape index (κ1) is 18.0. The van der Waals surface area contributed by atoms with E-state index < -0.39 is 39.6 Å².